The van der Waals surface area contributed by atoms with Gasteiger partial charge in [-0.2, -0.15) is 0 Å². The Hall–Kier alpha value is -1.02. The molecule has 0 aliphatic rings. The van der Waals surface area contributed by atoms with Gasteiger partial charge in [-0.15, -0.1) is 0 Å². The zero-order chi connectivity index (χ0) is 11.4. The number of aryl methyl sites for hydroxylation is 2. The van der Waals surface area contributed by atoms with Crippen molar-refractivity contribution in [3.8, 4) is 0 Å². The second kappa shape index (κ2) is 5.17. The Kier molecular flexibility index (Phi) is 4.15. The van der Waals surface area contributed by atoms with Crippen LogP contribution in [0.4, 0.5) is 0 Å². The second-order valence-corrected chi connectivity index (χ2v) is 3.92. The topological polar surface area (TPSA) is 26.3 Å². The van der Waals surface area contributed by atoms with Gasteiger partial charge in [-0.05, 0) is 43.5 Å². The summed E-state index contributed by atoms with van der Waals surface area (Å²) in [6.07, 6.45) is 0.291. The maximum Gasteiger partial charge on any atom is 0.310 e. The van der Waals surface area contributed by atoms with Crippen LogP contribution in [0.25, 0.3) is 0 Å². The molecule has 0 aromatic heterocycles. The van der Waals surface area contributed by atoms with Gasteiger partial charge in [0.05, 0.1) is 13.0 Å². The standard InChI is InChI=1S/C12H15ClO2/c1-4-15-12(14)7-10-6-11(13)9(3)5-8(10)2/h5-6H,4,7H2,1-3H3. The SMILES string of the molecule is CCOC(=O)Cc1cc(Cl)c(C)cc1C. The highest BCUT2D eigenvalue weighted by Crippen LogP contribution is 2.21. The summed E-state index contributed by atoms with van der Waals surface area (Å²) in [5.41, 5.74) is 3.04. The molecule has 0 aliphatic heterocycles. The summed E-state index contributed by atoms with van der Waals surface area (Å²) in [5.74, 6) is -0.208. The number of hydrogen-bond donors (Lipinski definition) is 0. The monoisotopic (exact) mass is 226 g/mol. The molecule has 15 heavy (non-hydrogen) atoms. The normalized spacial score (nSPS) is 10.1. The fraction of sp³-hybridized carbons (Fsp3) is 0.417. The van der Waals surface area contributed by atoms with E-state index in [1.54, 1.807) is 6.92 Å². The summed E-state index contributed by atoms with van der Waals surface area (Å²) in [6.45, 7) is 6.13. The van der Waals surface area contributed by atoms with Crippen molar-refractivity contribution >= 4 is 17.6 Å². The molecule has 0 atom stereocenters. The Morgan fingerprint density at radius 3 is 2.60 bits per heavy atom. The molecule has 0 N–H and O–H groups in total. The Morgan fingerprint density at radius 2 is 2.00 bits per heavy atom. The lowest BCUT2D eigenvalue weighted by molar-refractivity contribution is -0.142. The maximum atomic E-state index is 11.3. The number of halogens is 1. The van der Waals surface area contributed by atoms with Crippen LogP contribution < -0.4 is 0 Å². The van der Waals surface area contributed by atoms with Gasteiger partial charge in [-0.1, -0.05) is 17.7 Å². The quantitative estimate of drug-likeness (QED) is 0.741. The van der Waals surface area contributed by atoms with Crippen molar-refractivity contribution in [1.29, 1.82) is 0 Å². The summed E-state index contributed by atoms with van der Waals surface area (Å²) < 4.78 is 4.89. The molecule has 0 saturated heterocycles. The molecule has 0 unspecified atom stereocenters. The summed E-state index contributed by atoms with van der Waals surface area (Å²) in [4.78, 5) is 11.3. The number of rotatable bonds is 3. The predicted octanol–water partition coefficient (Wildman–Crippen LogP) is 3.06. The van der Waals surface area contributed by atoms with Gasteiger partial charge in [0.25, 0.3) is 0 Å². The van der Waals surface area contributed by atoms with Crippen molar-refractivity contribution in [3.05, 3.63) is 33.8 Å². The first-order valence-electron chi connectivity index (χ1n) is 4.95. The van der Waals surface area contributed by atoms with Crippen LogP contribution >= 0.6 is 11.6 Å². The largest absolute Gasteiger partial charge is 0.466 e. The van der Waals surface area contributed by atoms with E-state index in [0.717, 1.165) is 16.7 Å². The van der Waals surface area contributed by atoms with Gasteiger partial charge in [0.15, 0.2) is 0 Å². The van der Waals surface area contributed by atoms with E-state index in [9.17, 15) is 4.79 Å². The third-order valence-electron chi connectivity index (χ3n) is 2.26. The predicted molar refractivity (Wildman–Crippen MR) is 61.3 cm³/mol. The van der Waals surface area contributed by atoms with Gasteiger partial charge in [-0.25, -0.2) is 0 Å². The smallest absolute Gasteiger partial charge is 0.310 e. The molecule has 0 spiro atoms. The minimum Gasteiger partial charge on any atom is -0.466 e. The molecular weight excluding hydrogens is 212 g/mol. The number of ether oxygens (including phenoxy) is 1. The summed E-state index contributed by atoms with van der Waals surface area (Å²) in [6, 6.07) is 3.82. The summed E-state index contributed by atoms with van der Waals surface area (Å²) in [7, 11) is 0. The van der Waals surface area contributed by atoms with Crippen LogP contribution in [0.3, 0.4) is 0 Å². The lowest BCUT2D eigenvalue weighted by Gasteiger charge is -2.08. The van der Waals surface area contributed by atoms with Crippen molar-refractivity contribution in [2.45, 2.75) is 27.2 Å². The molecule has 82 valence electrons. The zero-order valence-electron chi connectivity index (χ0n) is 9.26. The highest BCUT2D eigenvalue weighted by atomic mass is 35.5. The Morgan fingerprint density at radius 1 is 1.33 bits per heavy atom. The zero-order valence-corrected chi connectivity index (χ0v) is 10.0. The van der Waals surface area contributed by atoms with Crippen LogP contribution in [-0.2, 0) is 16.0 Å². The molecule has 0 aliphatic carbocycles. The fourth-order valence-electron chi connectivity index (χ4n) is 1.43. The van der Waals surface area contributed by atoms with E-state index in [2.05, 4.69) is 0 Å². The van der Waals surface area contributed by atoms with Gasteiger partial charge in [0.1, 0.15) is 0 Å². The first-order chi connectivity index (χ1) is 7.04. The van der Waals surface area contributed by atoms with Crippen LogP contribution in [0.1, 0.15) is 23.6 Å². The number of carbonyl (C=O) groups is 1. The van der Waals surface area contributed by atoms with E-state index in [0.29, 0.717) is 18.1 Å². The van der Waals surface area contributed by atoms with E-state index >= 15 is 0 Å². The van der Waals surface area contributed by atoms with Crippen molar-refractivity contribution in [2.24, 2.45) is 0 Å². The van der Waals surface area contributed by atoms with Gasteiger partial charge < -0.3 is 4.74 Å². The molecule has 1 aromatic rings. The molecule has 3 heteroatoms. The molecule has 0 fully saturated rings. The minimum absolute atomic E-state index is 0.208. The highest BCUT2D eigenvalue weighted by molar-refractivity contribution is 6.31. The molecule has 1 rings (SSSR count). The number of benzene rings is 1. The van der Waals surface area contributed by atoms with Crippen LogP contribution in [-0.4, -0.2) is 12.6 Å². The lowest BCUT2D eigenvalue weighted by atomic mass is 10.0. The fourth-order valence-corrected chi connectivity index (χ4v) is 1.61. The van der Waals surface area contributed by atoms with Crippen LogP contribution in [0.2, 0.25) is 5.02 Å². The molecular formula is C12H15ClO2. The summed E-state index contributed by atoms with van der Waals surface area (Å²) in [5, 5.41) is 0.694. The number of esters is 1. The molecule has 0 bridgehead atoms. The molecule has 0 heterocycles. The van der Waals surface area contributed by atoms with E-state index in [4.69, 9.17) is 16.3 Å². The highest BCUT2D eigenvalue weighted by Gasteiger charge is 2.08. The maximum absolute atomic E-state index is 11.3. The van der Waals surface area contributed by atoms with E-state index in [-0.39, 0.29) is 5.97 Å². The van der Waals surface area contributed by atoms with Gasteiger partial charge in [0.2, 0.25) is 0 Å². The minimum atomic E-state index is -0.208. The molecule has 2 nitrogen and oxygen atoms in total. The van der Waals surface area contributed by atoms with Crippen molar-refractivity contribution in [1.82, 2.24) is 0 Å². The van der Waals surface area contributed by atoms with Gasteiger partial charge in [-0.3, -0.25) is 4.79 Å². The average Bonchev–Trinajstić information content (AvgIpc) is 2.14. The van der Waals surface area contributed by atoms with Crippen LogP contribution in [0, 0.1) is 13.8 Å². The van der Waals surface area contributed by atoms with Gasteiger partial charge in [0, 0.05) is 5.02 Å². The van der Waals surface area contributed by atoms with E-state index in [1.807, 2.05) is 26.0 Å². The first-order valence-corrected chi connectivity index (χ1v) is 5.33. The van der Waals surface area contributed by atoms with Crippen molar-refractivity contribution in [3.63, 3.8) is 0 Å². The van der Waals surface area contributed by atoms with E-state index in [1.165, 1.54) is 0 Å². The van der Waals surface area contributed by atoms with Crippen LogP contribution in [0.5, 0.6) is 0 Å². The number of hydrogen-bond acceptors (Lipinski definition) is 2. The molecule has 0 saturated carbocycles. The molecule has 1 aromatic carbocycles. The van der Waals surface area contributed by atoms with Crippen molar-refractivity contribution in [2.75, 3.05) is 6.61 Å². The van der Waals surface area contributed by atoms with Crippen molar-refractivity contribution < 1.29 is 9.53 Å². The Bertz CT molecular complexity index is 372. The first kappa shape index (κ1) is 12.1. The lowest BCUT2D eigenvalue weighted by Crippen LogP contribution is -2.08. The Labute approximate surface area is 95.2 Å². The van der Waals surface area contributed by atoms with Gasteiger partial charge >= 0.3 is 5.97 Å². The number of carbonyl (C=O) groups excluding carboxylic acids is 1. The van der Waals surface area contributed by atoms with E-state index < -0.39 is 0 Å². The summed E-state index contributed by atoms with van der Waals surface area (Å²) >= 11 is 5.99. The molecule has 0 radical (unpaired) electrons. The second-order valence-electron chi connectivity index (χ2n) is 3.51. The third-order valence-corrected chi connectivity index (χ3v) is 2.66. The van der Waals surface area contributed by atoms with Crippen LogP contribution in [0.15, 0.2) is 12.1 Å². The molecule has 0 amide bonds. The Balaban J connectivity index is 2.86. The average molecular weight is 227 g/mol. The third kappa shape index (κ3) is 3.24.